The number of hydrogen-bond donors (Lipinski definition) is 0. The second-order valence-electron chi connectivity index (χ2n) is 7.87. The smallest absolute Gasteiger partial charge is 0.335 e. The first-order chi connectivity index (χ1) is 13.7. The zero-order chi connectivity index (χ0) is 20.7. The van der Waals surface area contributed by atoms with Crippen molar-refractivity contribution in [2.24, 2.45) is 5.92 Å². The molecule has 2 unspecified atom stereocenters. The minimum atomic E-state index is -4.80. The minimum Gasteiger partial charge on any atom is -0.335 e. The summed E-state index contributed by atoms with van der Waals surface area (Å²) in [4.78, 5) is 42.2. The van der Waals surface area contributed by atoms with Gasteiger partial charge < -0.3 is 9.80 Å². The number of nitriles is 1. The molecular formula is C19H15F3N4O3. The first kappa shape index (κ1) is 18.0. The molecule has 2 bridgehead atoms. The molecule has 10 heteroatoms. The van der Waals surface area contributed by atoms with Gasteiger partial charge in [-0.2, -0.15) is 18.4 Å². The highest BCUT2D eigenvalue weighted by atomic mass is 19.4. The number of amides is 4. The van der Waals surface area contributed by atoms with E-state index in [1.54, 1.807) is 4.90 Å². The third-order valence-corrected chi connectivity index (χ3v) is 6.16. The first-order valence-electron chi connectivity index (χ1n) is 9.30. The van der Waals surface area contributed by atoms with Crippen LogP contribution in [0.3, 0.4) is 0 Å². The molecule has 3 saturated heterocycles. The van der Waals surface area contributed by atoms with Crippen molar-refractivity contribution in [3.05, 3.63) is 29.3 Å². The fraction of sp³-hybridized carbons (Fsp3) is 0.474. The van der Waals surface area contributed by atoms with Gasteiger partial charge in [0.2, 0.25) is 5.91 Å². The van der Waals surface area contributed by atoms with Gasteiger partial charge in [-0.3, -0.25) is 9.59 Å². The van der Waals surface area contributed by atoms with Crippen molar-refractivity contribution in [1.29, 1.82) is 5.26 Å². The maximum absolute atomic E-state index is 13.3. The summed E-state index contributed by atoms with van der Waals surface area (Å²) in [5.41, 5.74) is -2.00. The Morgan fingerprint density at radius 2 is 1.93 bits per heavy atom. The highest BCUT2D eigenvalue weighted by Crippen LogP contribution is 2.45. The molecule has 4 fully saturated rings. The number of hydrogen-bond acceptors (Lipinski definition) is 4. The van der Waals surface area contributed by atoms with Gasteiger partial charge in [0.15, 0.2) is 0 Å². The van der Waals surface area contributed by atoms with E-state index in [1.165, 1.54) is 17.0 Å². The third kappa shape index (κ3) is 2.46. The van der Waals surface area contributed by atoms with Crippen molar-refractivity contribution in [2.45, 2.75) is 43.6 Å². The first-order valence-corrected chi connectivity index (χ1v) is 9.30. The number of carbonyl (C=O) groups is 3. The number of rotatable bonds is 2. The Bertz CT molecular complexity index is 997. The van der Waals surface area contributed by atoms with Crippen LogP contribution < -0.4 is 4.90 Å². The quantitative estimate of drug-likeness (QED) is 0.707. The van der Waals surface area contributed by atoms with Crippen LogP contribution in [0.25, 0.3) is 0 Å². The van der Waals surface area contributed by atoms with E-state index < -0.39 is 41.3 Å². The van der Waals surface area contributed by atoms with E-state index in [0.29, 0.717) is 19.0 Å². The van der Waals surface area contributed by atoms with Crippen LogP contribution in [0.5, 0.6) is 0 Å². The van der Waals surface area contributed by atoms with Crippen LogP contribution in [-0.2, 0) is 15.8 Å². The number of benzene rings is 1. The second-order valence-corrected chi connectivity index (χ2v) is 7.87. The highest BCUT2D eigenvalue weighted by Gasteiger charge is 2.63. The van der Waals surface area contributed by atoms with E-state index in [2.05, 4.69) is 0 Å². The zero-order valence-electron chi connectivity index (χ0n) is 15.0. The number of halogens is 3. The average Bonchev–Trinajstić information content (AvgIpc) is 3.27. The van der Waals surface area contributed by atoms with Crippen LogP contribution in [0, 0.1) is 17.2 Å². The molecule has 1 aromatic rings. The van der Waals surface area contributed by atoms with Crippen LogP contribution in [0.1, 0.15) is 30.4 Å². The molecule has 0 aromatic heterocycles. The van der Waals surface area contributed by atoms with Crippen LogP contribution in [0.4, 0.5) is 23.7 Å². The summed E-state index contributed by atoms with van der Waals surface area (Å²) in [5, 5.41) is 8.94. The standard InChI is InChI=1S/C19H15F3N4O3/c20-19(21,22)13-5-11(4-3-10(13)7-23)26-17(28)15-14-6-12(25(15)18(26)29)8-24(14)16(27)9-1-2-9/h3-5,9,12,14-15H,1-2,6,8H2/t12-,14?,15?/m1/s1. The topological polar surface area (TPSA) is 84.7 Å². The van der Waals surface area contributed by atoms with Crippen molar-refractivity contribution in [1.82, 2.24) is 9.80 Å². The summed E-state index contributed by atoms with van der Waals surface area (Å²) in [7, 11) is 0. The zero-order valence-corrected chi connectivity index (χ0v) is 15.0. The van der Waals surface area contributed by atoms with Gasteiger partial charge in [-0.05, 0) is 37.5 Å². The van der Waals surface area contributed by atoms with E-state index in [-0.39, 0.29) is 23.6 Å². The number of alkyl halides is 3. The SMILES string of the molecule is N#Cc1ccc(N2C(=O)C3C4C[C@H](CN4C(=O)C4CC4)N3C2=O)cc1C(F)(F)F. The number of carbonyl (C=O) groups excluding carboxylic acids is 3. The monoisotopic (exact) mass is 404 g/mol. The Kier molecular flexibility index (Phi) is 3.54. The molecule has 0 N–H and O–H groups in total. The summed E-state index contributed by atoms with van der Waals surface area (Å²) < 4.78 is 39.9. The van der Waals surface area contributed by atoms with E-state index in [0.717, 1.165) is 23.8 Å². The van der Waals surface area contributed by atoms with Crippen molar-refractivity contribution in [3.8, 4) is 6.07 Å². The predicted octanol–water partition coefficient (Wildman–Crippen LogP) is 2.11. The van der Waals surface area contributed by atoms with Gasteiger partial charge in [0.1, 0.15) is 6.04 Å². The number of urea groups is 1. The number of fused-ring (bicyclic) bond motifs is 5. The number of imide groups is 1. The maximum Gasteiger partial charge on any atom is 0.417 e. The highest BCUT2D eigenvalue weighted by molar-refractivity contribution is 6.22. The minimum absolute atomic E-state index is 0.00594. The lowest BCUT2D eigenvalue weighted by Crippen LogP contribution is -2.55. The summed E-state index contributed by atoms with van der Waals surface area (Å²) in [6.07, 6.45) is -2.64. The largest absolute Gasteiger partial charge is 0.417 e. The molecule has 29 heavy (non-hydrogen) atoms. The Labute approximate surface area is 163 Å². The van der Waals surface area contributed by atoms with Crippen LogP contribution in [0.15, 0.2) is 18.2 Å². The van der Waals surface area contributed by atoms with E-state index in [4.69, 9.17) is 5.26 Å². The molecule has 5 rings (SSSR count). The Balaban J connectivity index is 1.49. The molecular weight excluding hydrogens is 389 g/mol. The Hall–Kier alpha value is -3.09. The molecule has 150 valence electrons. The second kappa shape index (κ2) is 5.72. The number of piperazine rings is 1. The Morgan fingerprint density at radius 1 is 1.21 bits per heavy atom. The lowest BCUT2D eigenvalue weighted by molar-refractivity contribution is -0.138. The molecule has 1 saturated carbocycles. The number of likely N-dealkylation sites (tertiary alicyclic amines) is 1. The number of nitrogens with zero attached hydrogens (tertiary/aromatic N) is 4. The van der Waals surface area contributed by atoms with Gasteiger partial charge in [-0.25, -0.2) is 9.69 Å². The molecule has 4 amide bonds. The van der Waals surface area contributed by atoms with Crippen molar-refractivity contribution in [2.75, 3.05) is 11.4 Å². The van der Waals surface area contributed by atoms with E-state index in [1.807, 2.05) is 0 Å². The average molecular weight is 404 g/mol. The molecule has 3 atom stereocenters. The third-order valence-electron chi connectivity index (χ3n) is 6.16. The van der Waals surface area contributed by atoms with Crippen LogP contribution in [0.2, 0.25) is 0 Å². The molecule has 1 aromatic carbocycles. The maximum atomic E-state index is 13.3. The lowest BCUT2D eigenvalue weighted by atomic mass is 10.1. The summed E-state index contributed by atoms with van der Waals surface area (Å²) >= 11 is 0. The van der Waals surface area contributed by atoms with Crippen LogP contribution >= 0.6 is 0 Å². The van der Waals surface area contributed by atoms with Crippen molar-refractivity contribution < 1.29 is 27.6 Å². The van der Waals surface area contributed by atoms with Gasteiger partial charge in [0.25, 0.3) is 5.91 Å². The van der Waals surface area contributed by atoms with Gasteiger partial charge in [-0.1, -0.05) is 0 Å². The summed E-state index contributed by atoms with van der Waals surface area (Å²) in [6.45, 7) is 0.352. The number of anilines is 1. The molecule has 3 heterocycles. The van der Waals surface area contributed by atoms with Crippen LogP contribution in [-0.4, -0.2) is 52.3 Å². The fourth-order valence-corrected chi connectivity index (χ4v) is 4.72. The molecule has 1 aliphatic carbocycles. The lowest BCUT2D eigenvalue weighted by Gasteiger charge is -2.35. The van der Waals surface area contributed by atoms with Crippen molar-refractivity contribution >= 4 is 23.5 Å². The van der Waals surface area contributed by atoms with E-state index in [9.17, 15) is 27.6 Å². The summed E-state index contributed by atoms with van der Waals surface area (Å²) in [5.74, 6) is -0.652. The normalized spacial score (nSPS) is 28.2. The summed E-state index contributed by atoms with van der Waals surface area (Å²) in [6, 6.07) is 1.97. The van der Waals surface area contributed by atoms with Gasteiger partial charge in [-0.15, -0.1) is 0 Å². The molecule has 4 aliphatic rings. The molecule has 0 spiro atoms. The molecule has 3 aliphatic heterocycles. The van der Waals surface area contributed by atoms with Gasteiger partial charge in [0.05, 0.1) is 35.0 Å². The van der Waals surface area contributed by atoms with Gasteiger partial charge >= 0.3 is 12.2 Å². The molecule has 0 radical (unpaired) electrons. The fourth-order valence-electron chi connectivity index (χ4n) is 4.72. The Morgan fingerprint density at radius 3 is 2.55 bits per heavy atom. The van der Waals surface area contributed by atoms with E-state index >= 15 is 0 Å². The van der Waals surface area contributed by atoms with Crippen molar-refractivity contribution in [3.63, 3.8) is 0 Å². The predicted molar refractivity (Wildman–Crippen MR) is 91.3 cm³/mol. The molecule has 7 nitrogen and oxygen atoms in total. The van der Waals surface area contributed by atoms with Gasteiger partial charge in [0, 0.05) is 12.5 Å².